The lowest BCUT2D eigenvalue weighted by molar-refractivity contribution is 0.0683. The molecule has 3 heterocycles. The summed E-state index contributed by atoms with van der Waals surface area (Å²) >= 11 is 0. The maximum atomic E-state index is 13.1. The van der Waals surface area contributed by atoms with E-state index >= 15 is 0 Å². The van der Waals surface area contributed by atoms with Gasteiger partial charge in [-0.3, -0.25) is 9.80 Å². The van der Waals surface area contributed by atoms with Crippen molar-refractivity contribution < 1.29 is 18.1 Å². The first kappa shape index (κ1) is 21.6. The molecular weight excluding hydrogens is 401 g/mol. The molecule has 0 amide bonds. The zero-order chi connectivity index (χ0) is 21.6. The Morgan fingerprint density at radius 1 is 1.06 bits per heavy atom. The summed E-state index contributed by atoms with van der Waals surface area (Å²) in [6, 6.07) is 6.23. The maximum Gasteiger partial charge on any atom is 0.240 e. The third kappa shape index (κ3) is 5.75. The van der Waals surface area contributed by atoms with Crippen molar-refractivity contribution in [3.63, 3.8) is 0 Å². The van der Waals surface area contributed by atoms with Crippen molar-refractivity contribution in [2.75, 3.05) is 32.8 Å². The average molecular weight is 429 g/mol. The van der Waals surface area contributed by atoms with Crippen molar-refractivity contribution in [3.8, 4) is 11.3 Å². The van der Waals surface area contributed by atoms with Crippen molar-refractivity contribution in [1.29, 1.82) is 0 Å². The minimum Gasteiger partial charge on any atom is -0.439 e. The fraction of sp³-hybridized carbons (Fsp3) is 0.500. The molecule has 1 aromatic carbocycles. The fourth-order valence-corrected chi connectivity index (χ4v) is 3.68. The summed E-state index contributed by atoms with van der Waals surface area (Å²) in [7, 11) is 0. The van der Waals surface area contributed by atoms with E-state index in [0.29, 0.717) is 43.1 Å². The molecule has 166 valence electrons. The molecule has 0 N–H and O–H groups in total. The van der Waals surface area contributed by atoms with Crippen molar-refractivity contribution in [3.05, 3.63) is 53.9 Å². The summed E-state index contributed by atoms with van der Waals surface area (Å²) in [6.45, 7) is 9.47. The molecule has 4 rings (SSSR count). The Balaban J connectivity index is 1.29. The summed E-state index contributed by atoms with van der Waals surface area (Å²) < 4.78 is 29.9. The minimum atomic E-state index is -0.266. The van der Waals surface area contributed by atoms with Crippen LogP contribution in [0.25, 0.3) is 11.3 Å². The average Bonchev–Trinajstić information content (AvgIpc) is 3.36. The van der Waals surface area contributed by atoms with Crippen molar-refractivity contribution in [2.45, 2.75) is 39.5 Å². The molecule has 1 aliphatic rings. The Morgan fingerprint density at radius 3 is 2.48 bits per heavy atom. The van der Waals surface area contributed by atoms with Crippen molar-refractivity contribution in [1.82, 2.24) is 24.9 Å². The Labute approximate surface area is 181 Å². The van der Waals surface area contributed by atoms with Gasteiger partial charge in [0, 0.05) is 25.3 Å². The van der Waals surface area contributed by atoms with Gasteiger partial charge >= 0.3 is 0 Å². The van der Waals surface area contributed by atoms with Gasteiger partial charge in [-0.15, -0.1) is 0 Å². The Morgan fingerprint density at radius 2 is 1.77 bits per heavy atom. The van der Waals surface area contributed by atoms with Crippen LogP contribution in [0.5, 0.6) is 0 Å². The SMILES string of the molecule is CCO[C@H](C)c1noc(CN2CCCN(Cc3ncc(-c4ccc(F)cc4)o3)CC2)n1. The summed E-state index contributed by atoms with van der Waals surface area (Å²) in [5, 5.41) is 4.04. The van der Waals surface area contributed by atoms with Gasteiger partial charge in [-0.25, -0.2) is 9.37 Å². The molecule has 2 aromatic heterocycles. The van der Waals surface area contributed by atoms with E-state index in [4.69, 9.17) is 13.7 Å². The quantitative estimate of drug-likeness (QED) is 0.537. The Hall–Kier alpha value is -2.62. The molecular formula is C22H28FN5O3. The molecule has 1 saturated heterocycles. The zero-order valence-electron chi connectivity index (χ0n) is 18.0. The lowest BCUT2D eigenvalue weighted by Gasteiger charge is -2.19. The molecule has 31 heavy (non-hydrogen) atoms. The van der Waals surface area contributed by atoms with Gasteiger partial charge in [-0.1, -0.05) is 5.16 Å². The van der Waals surface area contributed by atoms with E-state index in [0.717, 1.165) is 38.2 Å². The second-order valence-electron chi connectivity index (χ2n) is 7.67. The molecule has 1 atom stereocenters. The molecule has 0 radical (unpaired) electrons. The van der Waals surface area contributed by atoms with E-state index in [1.54, 1.807) is 18.3 Å². The molecule has 9 heteroatoms. The molecule has 0 spiro atoms. The molecule has 0 bridgehead atoms. The second kappa shape index (κ2) is 10.1. The number of hydrogen-bond donors (Lipinski definition) is 0. The highest BCUT2D eigenvalue weighted by atomic mass is 19.1. The maximum absolute atomic E-state index is 13.1. The molecule has 0 unspecified atom stereocenters. The van der Waals surface area contributed by atoms with E-state index in [9.17, 15) is 4.39 Å². The smallest absolute Gasteiger partial charge is 0.240 e. The summed E-state index contributed by atoms with van der Waals surface area (Å²) in [4.78, 5) is 13.5. The number of oxazole rings is 1. The highest BCUT2D eigenvalue weighted by Crippen LogP contribution is 2.22. The number of benzene rings is 1. The van der Waals surface area contributed by atoms with E-state index in [-0.39, 0.29) is 11.9 Å². The van der Waals surface area contributed by atoms with Gasteiger partial charge in [-0.05, 0) is 57.6 Å². The number of hydrogen-bond acceptors (Lipinski definition) is 8. The van der Waals surface area contributed by atoms with Crippen LogP contribution in [0.1, 0.15) is 44.0 Å². The third-order valence-corrected chi connectivity index (χ3v) is 5.35. The van der Waals surface area contributed by atoms with Gasteiger partial charge in [0.2, 0.25) is 11.8 Å². The lowest BCUT2D eigenvalue weighted by atomic mass is 10.2. The summed E-state index contributed by atoms with van der Waals surface area (Å²) in [6.07, 6.45) is 2.56. The minimum absolute atomic E-state index is 0.164. The van der Waals surface area contributed by atoms with E-state index in [1.807, 2.05) is 13.8 Å². The van der Waals surface area contributed by atoms with Gasteiger partial charge < -0.3 is 13.7 Å². The van der Waals surface area contributed by atoms with E-state index in [2.05, 4.69) is 24.9 Å². The van der Waals surface area contributed by atoms with Crippen LogP contribution in [0.3, 0.4) is 0 Å². The molecule has 1 aliphatic heterocycles. The summed E-state index contributed by atoms with van der Waals surface area (Å²) in [5.74, 6) is 2.26. The first-order valence-corrected chi connectivity index (χ1v) is 10.7. The molecule has 1 fully saturated rings. The van der Waals surface area contributed by atoms with E-state index < -0.39 is 0 Å². The van der Waals surface area contributed by atoms with Crippen LogP contribution in [0.4, 0.5) is 4.39 Å². The van der Waals surface area contributed by atoms with Crippen molar-refractivity contribution >= 4 is 0 Å². The van der Waals surface area contributed by atoms with Crippen LogP contribution in [-0.2, 0) is 17.8 Å². The Bertz CT molecular complexity index is 958. The van der Waals surface area contributed by atoms with Gasteiger partial charge in [0.05, 0.1) is 19.3 Å². The van der Waals surface area contributed by atoms with Gasteiger partial charge in [-0.2, -0.15) is 4.98 Å². The molecule has 8 nitrogen and oxygen atoms in total. The first-order chi connectivity index (χ1) is 15.1. The number of nitrogens with zero attached hydrogens (tertiary/aromatic N) is 5. The monoisotopic (exact) mass is 429 g/mol. The van der Waals surface area contributed by atoms with Crippen LogP contribution in [0, 0.1) is 5.82 Å². The molecule has 3 aromatic rings. The van der Waals surface area contributed by atoms with Crippen LogP contribution in [0.2, 0.25) is 0 Å². The normalized spacial score (nSPS) is 17.0. The summed E-state index contributed by atoms with van der Waals surface area (Å²) in [5.41, 5.74) is 0.819. The number of rotatable bonds is 8. The van der Waals surface area contributed by atoms with Gasteiger partial charge in [0.1, 0.15) is 11.9 Å². The standard InChI is InChI=1S/C22H28FN5O3/c1-3-29-16(2)22-25-21(31-26-22)15-28-10-4-9-27(11-12-28)14-20-24-13-19(30-20)17-5-7-18(23)8-6-17/h5-8,13,16H,3-4,9-12,14-15H2,1-2H3/t16-/m1/s1. The highest BCUT2D eigenvalue weighted by molar-refractivity contribution is 5.55. The Kier molecular flexibility index (Phi) is 7.06. The van der Waals surface area contributed by atoms with Crippen molar-refractivity contribution in [2.24, 2.45) is 0 Å². The highest BCUT2D eigenvalue weighted by Gasteiger charge is 2.20. The molecule has 0 aliphatic carbocycles. The van der Waals surface area contributed by atoms with Crippen LogP contribution in [-0.4, -0.2) is 57.7 Å². The number of halogens is 1. The molecule has 0 saturated carbocycles. The van der Waals surface area contributed by atoms with E-state index in [1.165, 1.54) is 12.1 Å². The fourth-order valence-electron chi connectivity index (χ4n) is 3.68. The van der Waals surface area contributed by atoms with Crippen LogP contribution >= 0.6 is 0 Å². The predicted molar refractivity (Wildman–Crippen MR) is 111 cm³/mol. The number of ether oxygens (including phenoxy) is 1. The second-order valence-corrected chi connectivity index (χ2v) is 7.67. The van der Waals surface area contributed by atoms with Gasteiger partial charge in [0.25, 0.3) is 0 Å². The third-order valence-electron chi connectivity index (χ3n) is 5.35. The lowest BCUT2D eigenvalue weighted by Crippen LogP contribution is -2.30. The van der Waals surface area contributed by atoms with Gasteiger partial charge in [0.15, 0.2) is 11.6 Å². The first-order valence-electron chi connectivity index (χ1n) is 10.7. The number of aromatic nitrogens is 3. The van der Waals surface area contributed by atoms with Crippen LogP contribution in [0.15, 0.2) is 39.4 Å². The topological polar surface area (TPSA) is 80.7 Å². The zero-order valence-corrected chi connectivity index (χ0v) is 18.0. The predicted octanol–water partition coefficient (Wildman–Crippen LogP) is 3.67. The largest absolute Gasteiger partial charge is 0.439 e. The van der Waals surface area contributed by atoms with Crippen LogP contribution < -0.4 is 0 Å².